The van der Waals surface area contributed by atoms with Crippen molar-refractivity contribution in [2.24, 2.45) is 0 Å². The van der Waals surface area contributed by atoms with Gasteiger partial charge in [-0.1, -0.05) is 0 Å². The fourth-order valence-corrected chi connectivity index (χ4v) is 2.79. The number of carboxylic acids is 1. The SMILES string of the molecule is CCOCCn1c(=O)n(Cc2cc(OC)ccn2)c2cc(C(=O)O)cnc21. The summed E-state index contributed by atoms with van der Waals surface area (Å²) in [5.41, 5.74) is 1.16. The Morgan fingerprint density at radius 1 is 1.26 bits per heavy atom. The first-order valence-electron chi connectivity index (χ1n) is 8.44. The molecule has 0 aliphatic rings. The van der Waals surface area contributed by atoms with E-state index in [1.165, 1.54) is 21.4 Å². The highest BCUT2D eigenvalue weighted by Crippen LogP contribution is 2.16. The minimum Gasteiger partial charge on any atom is -0.497 e. The van der Waals surface area contributed by atoms with Crippen molar-refractivity contribution in [2.45, 2.75) is 20.0 Å². The van der Waals surface area contributed by atoms with Crippen LogP contribution in [0.1, 0.15) is 23.0 Å². The van der Waals surface area contributed by atoms with Crippen LogP contribution in [0.4, 0.5) is 0 Å². The van der Waals surface area contributed by atoms with Gasteiger partial charge in [-0.3, -0.25) is 14.1 Å². The first-order chi connectivity index (χ1) is 13.0. The number of nitrogens with zero attached hydrogens (tertiary/aromatic N) is 4. The van der Waals surface area contributed by atoms with Gasteiger partial charge in [-0.2, -0.15) is 0 Å². The van der Waals surface area contributed by atoms with Crippen LogP contribution in [-0.2, 0) is 17.8 Å². The van der Waals surface area contributed by atoms with E-state index in [4.69, 9.17) is 9.47 Å². The van der Waals surface area contributed by atoms with Crippen molar-refractivity contribution in [3.8, 4) is 5.75 Å². The van der Waals surface area contributed by atoms with Gasteiger partial charge in [-0.25, -0.2) is 14.6 Å². The van der Waals surface area contributed by atoms with Crippen LogP contribution in [0.5, 0.6) is 5.75 Å². The van der Waals surface area contributed by atoms with Crippen LogP contribution in [-0.4, -0.2) is 50.5 Å². The number of imidazole rings is 1. The van der Waals surface area contributed by atoms with Crippen molar-refractivity contribution >= 4 is 17.1 Å². The van der Waals surface area contributed by atoms with E-state index in [9.17, 15) is 14.7 Å². The predicted molar refractivity (Wildman–Crippen MR) is 97.3 cm³/mol. The van der Waals surface area contributed by atoms with Gasteiger partial charge in [0.2, 0.25) is 0 Å². The molecule has 0 bridgehead atoms. The number of aromatic nitrogens is 4. The van der Waals surface area contributed by atoms with Crippen LogP contribution in [0, 0.1) is 0 Å². The van der Waals surface area contributed by atoms with Gasteiger partial charge in [0.15, 0.2) is 5.65 Å². The Morgan fingerprint density at radius 2 is 2.07 bits per heavy atom. The summed E-state index contributed by atoms with van der Waals surface area (Å²) in [7, 11) is 1.55. The smallest absolute Gasteiger partial charge is 0.337 e. The van der Waals surface area contributed by atoms with Crippen LogP contribution >= 0.6 is 0 Å². The van der Waals surface area contributed by atoms with Crippen LogP contribution in [0.3, 0.4) is 0 Å². The summed E-state index contributed by atoms with van der Waals surface area (Å²) in [6.07, 6.45) is 2.84. The fraction of sp³-hybridized carbons (Fsp3) is 0.333. The molecular formula is C18H20N4O5. The van der Waals surface area contributed by atoms with E-state index >= 15 is 0 Å². The lowest BCUT2D eigenvalue weighted by Crippen LogP contribution is -2.26. The van der Waals surface area contributed by atoms with E-state index in [1.54, 1.807) is 25.4 Å². The van der Waals surface area contributed by atoms with E-state index < -0.39 is 5.97 Å². The molecule has 9 nitrogen and oxygen atoms in total. The van der Waals surface area contributed by atoms with Crippen molar-refractivity contribution in [3.05, 3.63) is 52.3 Å². The Labute approximate surface area is 154 Å². The molecule has 0 amide bonds. The van der Waals surface area contributed by atoms with Crippen molar-refractivity contribution in [1.82, 2.24) is 19.1 Å². The highest BCUT2D eigenvalue weighted by Gasteiger charge is 2.17. The first-order valence-corrected chi connectivity index (χ1v) is 8.44. The zero-order valence-corrected chi connectivity index (χ0v) is 15.1. The third-order valence-electron chi connectivity index (χ3n) is 4.11. The zero-order chi connectivity index (χ0) is 19.4. The van der Waals surface area contributed by atoms with Gasteiger partial charge in [0, 0.05) is 25.1 Å². The molecule has 3 heterocycles. The number of rotatable bonds is 8. The highest BCUT2D eigenvalue weighted by molar-refractivity contribution is 5.91. The molecule has 0 saturated heterocycles. The van der Waals surface area contributed by atoms with Gasteiger partial charge < -0.3 is 14.6 Å². The molecule has 3 rings (SSSR count). The molecule has 1 N–H and O–H groups in total. The molecule has 0 saturated carbocycles. The van der Waals surface area contributed by atoms with Gasteiger partial charge >= 0.3 is 11.7 Å². The molecule has 0 unspecified atom stereocenters. The largest absolute Gasteiger partial charge is 0.497 e. The summed E-state index contributed by atoms with van der Waals surface area (Å²) in [5.74, 6) is -0.484. The van der Waals surface area contributed by atoms with E-state index in [-0.39, 0.29) is 17.8 Å². The molecule has 142 valence electrons. The normalized spacial score (nSPS) is 11.0. The fourth-order valence-electron chi connectivity index (χ4n) is 2.79. The number of carboxylic acid groups (broad SMARTS) is 1. The quantitative estimate of drug-likeness (QED) is 0.595. The predicted octanol–water partition coefficient (Wildman–Crippen LogP) is 1.38. The van der Waals surface area contributed by atoms with Crippen LogP contribution in [0.25, 0.3) is 11.2 Å². The lowest BCUT2D eigenvalue weighted by atomic mass is 10.2. The van der Waals surface area contributed by atoms with Gasteiger partial charge in [-0.05, 0) is 19.1 Å². The number of hydrogen-bond donors (Lipinski definition) is 1. The minimum absolute atomic E-state index is 0.0109. The molecule has 3 aromatic rings. The van der Waals surface area contributed by atoms with Crippen LogP contribution in [0.2, 0.25) is 0 Å². The van der Waals surface area contributed by atoms with E-state index in [2.05, 4.69) is 9.97 Å². The first kappa shape index (κ1) is 18.6. The number of fused-ring (bicyclic) bond motifs is 1. The number of pyridine rings is 2. The number of carbonyl (C=O) groups is 1. The molecule has 3 aromatic heterocycles. The summed E-state index contributed by atoms with van der Waals surface area (Å²) >= 11 is 0. The molecule has 27 heavy (non-hydrogen) atoms. The summed E-state index contributed by atoms with van der Waals surface area (Å²) in [4.78, 5) is 32.7. The molecule has 0 aliphatic carbocycles. The van der Waals surface area contributed by atoms with Crippen LogP contribution < -0.4 is 10.4 Å². The molecule has 0 fully saturated rings. The second-order valence-corrected chi connectivity index (χ2v) is 5.78. The van der Waals surface area contributed by atoms with Crippen molar-refractivity contribution in [2.75, 3.05) is 20.3 Å². The summed E-state index contributed by atoms with van der Waals surface area (Å²) in [5, 5.41) is 9.26. The van der Waals surface area contributed by atoms with Gasteiger partial charge in [0.25, 0.3) is 0 Å². The second-order valence-electron chi connectivity index (χ2n) is 5.78. The Hall–Kier alpha value is -3.20. The maximum atomic E-state index is 12.9. The third kappa shape index (κ3) is 3.82. The topological polar surface area (TPSA) is 108 Å². The number of aromatic carboxylic acids is 1. The third-order valence-corrected chi connectivity index (χ3v) is 4.11. The lowest BCUT2D eigenvalue weighted by Gasteiger charge is -2.05. The van der Waals surface area contributed by atoms with Gasteiger partial charge in [-0.15, -0.1) is 0 Å². The number of methoxy groups -OCH3 is 1. The molecule has 0 spiro atoms. The second kappa shape index (κ2) is 8.00. The maximum Gasteiger partial charge on any atom is 0.337 e. The van der Waals surface area contributed by atoms with Gasteiger partial charge in [0.1, 0.15) is 5.75 Å². The molecule has 0 aromatic carbocycles. The van der Waals surface area contributed by atoms with Crippen LogP contribution in [0.15, 0.2) is 35.4 Å². The van der Waals surface area contributed by atoms with E-state index in [0.29, 0.717) is 42.4 Å². The van der Waals surface area contributed by atoms with E-state index in [0.717, 1.165) is 0 Å². The van der Waals surface area contributed by atoms with E-state index in [1.807, 2.05) is 6.92 Å². The maximum absolute atomic E-state index is 12.9. The standard InChI is InChI=1S/C18H20N4O5/c1-3-27-7-6-21-16-15(8-12(10-20-16)17(23)24)22(18(21)25)11-13-9-14(26-2)4-5-19-13/h4-5,8-10H,3,6-7,11H2,1-2H3,(H,23,24). The summed E-state index contributed by atoms with van der Waals surface area (Å²) < 4.78 is 13.5. The Bertz CT molecular complexity index is 1020. The Balaban J connectivity index is 2.10. The monoisotopic (exact) mass is 372 g/mol. The number of ether oxygens (including phenoxy) is 2. The Kier molecular flexibility index (Phi) is 5.51. The zero-order valence-electron chi connectivity index (χ0n) is 15.1. The van der Waals surface area contributed by atoms with Crippen molar-refractivity contribution in [1.29, 1.82) is 0 Å². The summed E-state index contributed by atoms with van der Waals surface area (Å²) in [6, 6.07) is 4.88. The molecule has 0 aliphatic heterocycles. The average molecular weight is 372 g/mol. The number of hydrogen-bond acceptors (Lipinski definition) is 6. The lowest BCUT2D eigenvalue weighted by molar-refractivity contribution is 0.0696. The minimum atomic E-state index is -1.11. The molecule has 0 atom stereocenters. The molecule has 9 heteroatoms. The summed E-state index contributed by atoms with van der Waals surface area (Å²) in [6.45, 7) is 3.25. The van der Waals surface area contributed by atoms with Crippen molar-refractivity contribution in [3.63, 3.8) is 0 Å². The molecule has 0 radical (unpaired) electrons. The van der Waals surface area contributed by atoms with Crippen molar-refractivity contribution < 1.29 is 19.4 Å². The average Bonchev–Trinajstić information content (AvgIpc) is 2.93. The van der Waals surface area contributed by atoms with Gasteiger partial charge in [0.05, 0.1) is 43.6 Å². The Morgan fingerprint density at radius 3 is 2.78 bits per heavy atom. The molecular weight excluding hydrogens is 352 g/mol. The highest BCUT2D eigenvalue weighted by atomic mass is 16.5.